The molecule has 0 bridgehead atoms. The van der Waals surface area contributed by atoms with Crippen molar-refractivity contribution in [3.05, 3.63) is 41.1 Å². The highest BCUT2D eigenvalue weighted by Crippen LogP contribution is 2.40. The van der Waals surface area contributed by atoms with E-state index in [0.717, 1.165) is 18.4 Å². The Morgan fingerprint density at radius 2 is 2.26 bits per heavy atom. The Hall–Kier alpha value is -3.57. The molecule has 2 N–H and O–H groups in total. The third-order valence-corrected chi connectivity index (χ3v) is 5.34. The third-order valence-electron chi connectivity index (χ3n) is 5.34. The highest BCUT2D eigenvalue weighted by molar-refractivity contribution is 5.93. The van der Waals surface area contributed by atoms with Gasteiger partial charge in [-0.2, -0.15) is 5.10 Å². The van der Waals surface area contributed by atoms with Crippen LogP contribution in [0.4, 0.5) is 9.18 Å². The maximum absolute atomic E-state index is 14.2. The average molecular weight is 428 g/mol. The SMILES string of the molecule is CC1(F)CNC(=O)N(Cc2cnn3cc(CNC(=O)c4nonc4C4CC4)nc3c2)C1. The van der Waals surface area contributed by atoms with Crippen LogP contribution in [0.3, 0.4) is 0 Å². The standard InChI is InChI=1S/C19H21FN8O3/c1-19(20)9-22-18(30)27(10-19)7-11-4-14-24-13(8-28(14)23-5-11)6-21-17(29)16-15(12-2-3-12)25-31-26-16/h4-5,8,12H,2-3,6-7,9-10H2,1H3,(H,21,29)(H,22,30). The summed E-state index contributed by atoms with van der Waals surface area (Å²) in [5, 5.41) is 17.2. The van der Waals surface area contributed by atoms with Crippen molar-refractivity contribution in [2.45, 2.75) is 44.4 Å². The van der Waals surface area contributed by atoms with Gasteiger partial charge in [-0.1, -0.05) is 5.16 Å². The molecule has 5 rings (SSSR count). The van der Waals surface area contributed by atoms with Crippen molar-refractivity contribution in [2.24, 2.45) is 0 Å². The van der Waals surface area contributed by atoms with E-state index in [2.05, 4.69) is 31.0 Å². The lowest BCUT2D eigenvalue weighted by Crippen LogP contribution is -2.57. The topological polar surface area (TPSA) is 131 Å². The van der Waals surface area contributed by atoms with Gasteiger partial charge in [-0.05, 0) is 36.6 Å². The van der Waals surface area contributed by atoms with E-state index in [-0.39, 0.29) is 49.7 Å². The molecule has 3 aromatic heterocycles. The van der Waals surface area contributed by atoms with Gasteiger partial charge in [0, 0.05) is 12.5 Å². The summed E-state index contributed by atoms with van der Waals surface area (Å²) in [5.74, 6) is -0.110. The molecule has 1 saturated carbocycles. The van der Waals surface area contributed by atoms with Gasteiger partial charge in [-0.25, -0.2) is 23.3 Å². The Morgan fingerprint density at radius 3 is 3.06 bits per heavy atom. The maximum Gasteiger partial charge on any atom is 0.317 e. The fourth-order valence-electron chi connectivity index (χ4n) is 3.61. The van der Waals surface area contributed by atoms with Crippen LogP contribution in [0, 0.1) is 0 Å². The highest BCUT2D eigenvalue weighted by atomic mass is 19.1. The van der Waals surface area contributed by atoms with Crippen molar-refractivity contribution in [2.75, 3.05) is 13.1 Å². The molecule has 162 valence electrons. The van der Waals surface area contributed by atoms with Gasteiger partial charge in [-0.3, -0.25) is 4.79 Å². The summed E-state index contributed by atoms with van der Waals surface area (Å²) in [5.41, 5.74) is 1.22. The molecular formula is C19H21FN8O3. The predicted octanol–water partition coefficient (Wildman–Crippen LogP) is 1.17. The van der Waals surface area contributed by atoms with Crippen LogP contribution in [0.1, 0.15) is 53.1 Å². The number of fused-ring (bicyclic) bond motifs is 1. The van der Waals surface area contributed by atoms with Crippen molar-refractivity contribution in [3.8, 4) is 0 Å². The van der Waals surface area contributed by atoms with Crippen LogP contribution >= 0.6 is 0 Å². The first kappa shape index (κ1) is 19.4. The van der Waals surface area contributed by atoms with Crippen LogP contribution in [0.2, 0.25) is 0 Å². The molecule has 2 aliphatic rings. The molecule has 3 amide bonds. The van der Waals surface area contributed by atoms with E-state index < -0.39 is 5.67 Å². The number of amides is 3. The molecule has 0 aromatic carbocycles. The first-order chi connectivity index (χ1) is 14.9. The lowest BCUT2D eigenvalue weighted by molar-refractivity contribution is 0.0876. The van der Waals surface area contributed by atoms with Gasteiger partial charge in [0.2, 0.25) is 0 Å². The van der Waals surface area contributed by atoms with Gasteiger partial charge in [0.05, 0.1) is 37.7 Å². The highest BCUT2D eigenvalue weighted by Gasteiger charge is 2.35. The number of hydrogen-bond donors (Lipinski definition) is 2. The summed E-state index contributed by atoms with van der Waals surface area (Å²) in [6, 6.07) is 1.47. The van der Waals surface area contributed by atoms with E-state index in [1.807, 2.05) is 0 Å². The molecule has 2 fully saturated rings. The summed E-state index contributed by atoms with van der Waals surface area (Å²) < 4.78 is 20.5. The van der Waals surface area contributed by atoms with Crippen molar-refractivity contribution >= 4 is 17.6 Å². The maximum atomic E-state index is 14.2. The third kappa shape index (κ3) is 4.05. The number of imidazole rings is 1. The molecule has 1 unspecified atom stereocenters. The second kappa shape index (κ2) is 7.29. The second-order valence-corrected chi connectivity index (χ2v) is 8.28. The van der Waals surface area contributed by atoms with E-state index in [9.17, 15) is 14.0 Å². The first-order valence-corrected chi connectivity index (χ1v) is 10.0. The molecule has 11 nitrogen and oxygen atoms in total. The van der Waals surface area contributed by atoms with Crippen molar-refractivity contribution in [1.82, 2.24) is 40.4 Å². The molecule has 31 heavy (non-hydrogen) atoms. The molecule has 1 aliphatic heterocycles. The van der Waals surface area contributed by atoms with Gasteiger partial charge in [0.15, 0.2) is 11.3 Å². The zero-order chi connectivity index (χ0) is 21.6. The molecule has 12 heteroatoms. The molecule has 3 aromatic rings. The number of urea groups is 1. The van der Waals surface area contributed by atoms with Crippen LogP contribution in [0.15, 0.2) is 23.1 Å². The largest absolute Gasteiger partial charge is 0.345 e. The minimum Gasteiger partial charge on any atom is -0.345 e. The number of carbonyl (C=O) groups excluding carboxylic acids is 2. The molecule has 1 saturated heterocycles. The van der Waals surface area contributed by atoms with Crippen molar-refractivity contribution in [1.29, 1.82) is 0 Å². The molecular weight excluding hydrogens is 407 g/mol. The number of nitrogens with zero attached hydrogens (tertiary/aromatic N) is 6. The Balaban J connectivity index is 1.25. The number of nitrogens with one attached hydrogen (secondary N) is 2. The Kier molecular flexibility index (Phi) is 4.56. The Bertz CT molecular complexity index is 1150. The van der Waals surface area contributed by atoms with E-state index in [1.54, 1.807) is 23.0 Å². The summed E-state index contributed by atoms with van der Waals surface area (Å²) in [6.45, 7) is 1.87. The van der Waals surface area contributed by atoms with E-state index in [4.69, 9.17) is 4.63 Å². The summed E-state index contributed by atoms with van der Waals surface area (Å²) in [4.78, 5) is 30.3. The van der Waals surface area contributed by atoms with Gasteiger partial charge in [-0.15, -0.1) is 0 Å². The van der Waals surface area contributed by atoms with Gasteiger partial charge in [0.25, 0.3) is 5.91 Å². The molecule has 1 aliphatic carbocycles. The van der Waals surface area contributed by atoms with Gasteiger partial charge in [0.1, 0.15) is 11.4 Å². The fraction of sp³-hybridized carbons (Fsp3) is 0.474. The number of alkyl halides is 1. The summed E-state index contributed by atoms with van der Waals surface area (Å²) in [6.07, 6.45) is 5.28. The van der Waals surface area contributed by atoms with Gasteiger partial charge >= 0.3 is 6.03 Å². The van der Waals surface area contributed by atoms with Crippen molar-refractivity contribution < 1.29 is 18.6 Å². The quantitative estimate of drug-likeness (QED) is 0.603. The molecule has 0 spiro atoms. The summed E-state index contributed by atoms with van der Waals surface area (Å²) >= 11 is 0. The molecule has 4 heterocycles. The molecule has 0 radical (unpaired) electrons. The number of hydrogen-bond acceptors (Lipinski definition) is 7. The zero-order valence-electron chi connectivity index (χ0n) is 16.8. The number of carbonyl (C=O) groups is 2. The fourth-order valence-corrected chi connectivity index (χ4v) is 3.61. The number of rotatable bonds is 6. The molecule has 1 atom stereocenters. The first-order valence-electron chi connectivity index (χ1n) is 10.0. The van der Waals surface area contributed by atoms with Gasteiger partial charge < -0.3 is 15.5 Å². The zero-order valence-corrected chi connectivity index (χ0v) is 16.8. The minimum atomic E-state index is -1.48. The average Bonchev–Trinajstić information content (AvgIpc) is 3.31. The Labute approximate surface area is 176 Å². The monoisotopic (exact) mass is 428 g/mol. The summed E-state index contributed by atoms with van der Waals surface area (Å²) in [7, 11) is 0. The Morgan fingerprint density at radius 1 is 1.42 bits per heavy atom. The van der Waals surface area contributed by atoms with Crippen LogP contribution in [-0.2, 0) is 13.1 Å². The lowest BCUT2D eigenvalue weighted by atomic mass is 10.1. The predicted molar refractivity (Wildman–Crippen MR) is 104 cm³/mol. The van der Waals surface area contributed by atoms with Crippen LogP contribution in [0.25, 0.3) is 5.65 Å². The second-order valence-electron chi connectivity index (χ2n) is 8.28. The lowest BCUT2D eigenvalue weighted by Gasteiger charge is -2.35. The number of aromatic nitrogens is 5. The number of halogens is 1. The minimum absolute atomic E-state index is 0.00150. The van der Waals surface area contributed by atoms with E-state index >= 15 is 0 Å². The van der Waals surface area contributed by atoms with E-state index in [1.165, 1.54) is 11.8 Å². The van der Waals surface area contributed by atoms with Crippen LogP contribution in [-0.4, -0.2) is 60.5 Å². The van der Waals surface area contributed by atoms with Crippen LogP contribution in [0.5, 0.6) is 0 Å². The van der Waals surface area contributed by atoms with Crippen molar-refractivity contribution in [3.63, 3.8) is 0 Å². The van der Waals surface area contributed by atoms with E-state index in [0.29, 0.717) is 17.0 Å². The smallest absolute Gasteiger partial charge is 0.317 e. The normalized spacial score (nSPS) is 21.4. The van der Waals surface area contributed by atoms with Crippen LogP contribution < -0.4 is 10.6 Å².